The van der Waals surface area contributed by atoms with Gasteiger partial charge in [-0.3, -0.25) is 4.79 Å². The number of aliphatic hydroxyl groups excluding tert-OH is 1. The summed E-state index contributed by atoms with van der Waals surface area (Å²) in [5, 5.41) is 15.2. The molecule has 2 aromatic carbocycles. The van der Waals surface area contributed by atoms with Gasteiger partial charge in [-0.25, -0.2) is 4.79 Å². The Kier molecular flexibility index (Phi) is 7.92. The number of aliphatic hydroxyl groups is 1. The number of carbonyl (C=O) groups excluding carboxylic acids is 2. The Hall–Kier alpha value is -2.57. The van der Waals surface area contributed by atoms with Gasteiger partial charge in [0.05, 0.1) is 12.2 Å². The zero-order valence-electron chi connectivity index (χ0n) is 14.2. The number of ether oxygens (including phenoxy) is 1. The van der Waals surface area contributed by atoms with E-state index >= 15 is 0 Å². The third-order valence-corrected chi connectivity index (χ3v) is 3.81. The lowest BCUT2D eigenvalue weighted by atomic mass is 10.1. The Bertz CT molecular complexity index is 735. The van der Waals surface area contributed by atoms with Crippen LogP contribution in [-0.2, 0) is 16.0 Å². The number of rotatable bonds is 9. The van der Waals surface area contributed by atoms with E-state index < -0.39 is 5.97 Å². The van der Waals surface area contributed by atoms with Gasteiger partial charge >= 0.3 is 5.97 Å². The zero-order chi connectivity index (χ0) is 18.8. The summed E-state index contributed by atoms with van der Waals surface area (Å²) in [6.45, 7) is 0.343. The number of esters is 1. The fourth-order valence-electron chi connectivity index (χ4n) is 2.26. The second kappa shape index (κ2) is 10.4. The highest BCUT2D eigenvalue weighted by Crippen LogP contribution is 2.15. The molecule has 0 saturated carbocycles. The fraction of sp³-hybridized carbons (Fsp3) is 0.263. The van der Waals surface area contributed by atoms with Gasteiger partial charge in [0.1, 0.15) is 0 Å². The normalized spacial score (nSPS) is 10.2. The minimum absolute atomic E-state index is 0.0561. The summed E-state index contributed by atoms with van der Waals surface area (Å²) in [4.78, 5) is 24.0. The second-order valence-corrected chi connectivity index (χ2v) is 5.93. The molecule has 0 aliphatic carbocycles. The molecule has 26 heavy (non-hydrogen) atoms. The van der Waals surface area contributed by atoms with Crippen molar-refractivity contribution in [1.29, 1.82) is 0 Å². The zero-order valence-corrected chi connectivity index (χ0v) is 15.0. The van der Waals surface area contributed by atoms with Gasteiger partial charge < -0.3 is 20.5 Å². The lowest BCUT2D eigenvalue weighted by Crippen LogP contribution is -2.30. The van der Waals surface area contributed by atoms with E-state index in [4.69, 9.17) is 21.4 Å². The summed E-state index contributed by atoms with van der Waals surface area (Å²) >= 11 is 5.82. The Labute approximate surface area is 157 Å². The van der Waals surface area contributed by atoms with E-state index in [0.717, 1.165) is 5.56 Å². The van der Waals surface area contributed by atoms with Crippen LogP contribution >= 0.6 is 11.6 Å². The predicted octanol–water partition coefficient (Wildman–Crippen LogP) is 2.26. The number of hydrogen-bond donors (Lipinski definition) is 3. The number of halogens is 1. The van der Waals surface area contributed by atoms with E-state index in [1.807, 2.05) is 12.1 Å². The highest BCUT2D eigenvalue weighted by molar-refractivity contribution is 6.30. The third-order valence-electron chi connectivity index (χ3n) is 3.56. The molecule has 0 spiro atoms. The van der Waals surface area contributed by atoms with E-state index in [1.165, 1.54) is 0 Å². The number of para-hydroxylation sites is 1. The largest absolute Gasteiger partial charge is 0.452 e. The number of carbonyl (C=O) groups is 2. The third kappa shape index (κ3) is 6.38. The average molecular weight is 377 g/mol. The molecule has 0 radical (unpaired) electrons. The highest BCUT2D eigenvalue weighted by Gasteiger charge is 2.13. The molecule has 6 nitrogen and oxygen atoms in total. The summed E-state index contributed by atoms with van der Waals surface area (Å²) in [5.74, 6) is -0.966. The predicted molar refractivity (Wildman–Crippen MR) is 100 cm³/mol. The van der Waals surface area contributed by atoms with E-state index in [0.29, 0.717) is 35.8 Å². The van der Waals surface area contributed by atoms with Crippen LogP contribution in [0.5, 0.6) is 0 Å². The van der Waals surface area contributed by atoms with Crippen molar-refractivity contribution in [2.24, 2.45) is 0 Å². The Morgan fingerprint density at radius 2 is 1.77 bits per heavy atom. The van der Waals surface area contributed by atoms with Crippen molar-refractivity contribution in [1.82, 2.24) is 5.32 Å². The molecule has 0 bridgehead atoms. The van der Waals surface area contributed by atoms with Crippen molar-refractivity contribution in [3.63, 3.8) is 0 Å². The van der Waals surface area contributed by atoms with Crippen LogP contribution in [0.15, 0.2) is 48.5 Å². The van der Waals surface area contributed by atoms with Crippen molar-refractivity contribution in [3.8, 4) is 0 Å². The van der Waals surface area contributed by atoms with Gasteiger partial charge in [-0.1, -0.05) is 35.9 Å². The number of hydrogen-bond acceptors (Lipinski definition) is 5. The number of amides is 1. The fourth-order valence-corrected chi connectivity index (χ4v) is 2.39. The molecule has 0 fully saturated rings. The lowest BCUT2D eigenvalue weighted by molar-refractivity contribution is -0.124. The van der Waals surface area contributed by atoms with Gasteiger partial charge in [0, 0.05) is 23.8 Å². The molecule has 0 heterocycles. The molecule has 2 rings (SSSR count). The van der Waals surface area contributed by atoms with Crippen LogP contribution in [0.2, 0.25) is 5.02 Å². The average Bonchev–Trinajstić information content (AvgIpc) is 2.66. The smallest absolute Gasteiger partial charge is 0.340 e. The van der Waals surface area contributed by atoms with Gasteiger partial charge in [0.25, 0.3) is 5.91 Å². The van der Waals surface area contributed by atoms with E-state index in [-0.39, 0.29) is 19.1 Å². The first-order valence-corrected chi connectivity index (χ1v) is 8.60. The summed E-state index contributed by atoms with van der Waals surface area (Å²) in [6.07, 6.45) is 0.658. The van der Waals surface area contributed by atoms with E-state index in [1.54, 1.807) is 36.4 Å². The molecule has 0 aliphatic rings. The summed E-state index contributed by atoms with van der Waals surface area (Å²) in [5.41, 5.74) is 1.92. The van der Waals surface area contributed by atoms with Gasteiger partial charge in [-0.05, 0) is 36.2 Å². The molecule has 0 aromatic heterocycles. The quantitative estimate of drug-likeness (QED) is 0.584. The highest BCUT2D eigenvalue weighted by atomic mass is 35.5. The monoisotopic (exact) mass is 376 g/mol. The van der Waals surface area contributed by atoms with Crippen LogP contribution in [0.3, 0.4) is 0 Å². The molecule has 1 amide bonds. The van der Waals surface area contributed by atoms with Crippen LogP contribution in [0.1, 0.15) is 15.9 Å². The van der Waals surface area contributed by atoms with Crippen LogP contribution in [0.4, 0.5) is 5.69 Å². The van der Waals surface area contributed by atoms with Crippen LogP contribution in [0, 0.1) is 0 Å². The van der Waals surface area contributed by atoms with Gasteiger partial charge in [-0.2, -0.15) is 0 Å². The lowest BCUT2D eigenvalue weighted by Gasteiger charge is -2.11. The van der Waals surface area contributed by atoms with Crippen molar-refractivity contribution in [3.05, 3.63) is 64.7 Å². The first-order valence-electron chi connectivity index (χ1n) is 8.22. The maximum absolute atomic E-state index is 12.1. The first kappa shape index (κ1) is 19.8. The van der Waals surface area contributed by atoms with Gasteiger partial charge in [0.15, 0.2) is 6.61 Å². The topological polar surface area (TPSA) is 87.7 Å². The number of benzene rings is 2. The van der Waals surface area contributed by atoms with Crippen molar-refractivity contribution >= 4 is 29.2 Å². The molecule has 3 N–H and O–H groups in total. The van der Waals surface area contributed by atoms with E-state index in [9.17, 15) is 9.59 Å². The molecule has 7 heteroatoms. The molecule has 2 aromatic rings. The molecule has 0 saturated heterocycles. The molecule has 0 atom stereocenters. The van der Waals surface area contributed by atoms with Crippen molar-refractivity contribution < 1.29 is 19.4 Å². The van der Waals surface area contributed by atoms with Crippen LogP contribution in [-0.4, -0.2) is 43.3 Å². The van der Waals surface area contributed by atoms with E-state index in [2.05, 4.69) is 10.6 Å². The summed E-state index contributed by atoms with van der Waals surface area (Å²) < 4.78 is 5.06. The number of nitrogens with one attached hydrogen (secondary N) is 2. The van der Waals surface area contributed by atoms with Crippen LogP contribution < -0.4 is 10.6 Å². The maximum Gasteiger partial charge on any atom is 0.340 e. The SMILES string of the molecule is O=C(COC(=O)c1ccccc1NCCO)NCCc1ccc(Cl)cc1. The molecular weight excluding hydrogens is 356 g/mol. The Balaban J connectivity index is 1.76. The second-order valence-electron chi connectivity index (χ2n) is 5.50. The van der Waals surface area contributed by atoms with Gasteiger partial charge in [0.2, 0.25) is 0 Å². The van der Waals surface area contributed by atoms with Crippen LogP contribution in [0.25, 0.3) is 0 Å². The van der Waals surface area contributed by atoms with Crippen molar-refractivity contribution in [2.45, 2.75) is 6.42 Å². The van der Waals surface area contributed by atoms with Crippen molar-refractivity contribution in [2.75, 3.05) is 31.6 Å². The van der Waals surface area contributed by atoms with Gasteiger partial charge in [-0.15, -0.1) is 0 Å². The number of anilines is 1. The maximum atomic E-state index is 12.1. The molecule has 0 unspecified atom stereocenters. The Morgan fingerprint density at radius 1 is 1.04 bits per heavy atom. The first-order chi connectivity index (χ1) is 12.6. The summed E-state index contributed by atoms with van der Waals surface area (Å²) in [6, 6.07) is 14.1. The Morgan fingerprint density at radius 3 is 2.50 bits per heavy atom. The minimum atomic E-state index is -0.598. The molecule has 0 aliphatic heterocycles. The minimum Gasteiger partial charge on any atom is -0.452 e. The standard InChI is InChI=1S/C19H21ClN2O4/c20-15-7-5-14(6-8-15)9-10-22-18(24)13-26-19(25)16-3-1-2-4-17(16)21-11-12-23/h1-8,21,23H,9-13H2,(H,22,24). The molecular formula is C19H21ClN2O4. The summed E-state index contributed by atoms with van der Waals surface area (Å²) in [7, 11) is 0. The molecule has 138 valence electrons.